The average Bonchev–Trinajstić information content (AvgIpc) is 3.41. The third-order valence-electron chi connectivity index (χ3n) is 13.6. The van der Waals surface area contributed by atoms with Gasteiger partial charge in [-0.15, -0.1) is 0 Å². The topological polar surface area (TPSA) is 237 Å². The Morgan fingerprint density at radius 3 is 0.756 bits per heavy atom. The van der Waals surface area contributed by atoms with Gasteiger partial charge in [-0.1, -0.05) is 246 Å². The van der Waals surface area contributed by atoms with Crippen molar-refractivity contribution in [2.45, 2.75) is 316 Å². The van der Waals surface area contributed by atoms with Crippen LogP contribution in [-0.4, -0.2) is 96.7 Å². The number of hydrogen-bond donors (Lipinski definition) is 3. The van der Waals surface area contributed by atoms with Crippen molar-refractivity contribution in [3.8, 4) is 0 Å². The normalized spacial score (nSPS) is 14.3. The van der Waals surface area contributed by atoms with Crippen molar-refractivity contribution in [1.29, 1.82) is 0 Å². The fourth-order valence-electron chi connectivity index (χ4n) is 8.75. The van der Waals surface area contributed by atoms with Gasteiger partial charge in [0.2, 0.25) is 0 Å². The van der Waals surface area contributed by atoms with E-state index in [1.165, 1.54) is 122 Å². The van der Waals surface area contributed by atoms with Crippen molar-refractivity contribution >= 4 is 39.5 Å². The first-order valence-corrected chi connectivity index (χ1v) is 34.3. The monoisotopic (exact) mass is 1160 g/mol. The highest BCUT2D eigenvalue weighted by Crippen LogP contribution is 2.45. The fraction of sp³-hybridized carbons (Fsp3) is 0.932. The molecule has 0 aromatic carbocycles. The highest BCUT2D eigenvalue weighted by Gasteiger charge is 2.30. The van der Waals surface area contributed by atoms with E-state index in [0.29, 0.717) is 25.7 Å². The first kappa shape index (κ1) is 76.1. The van der Waals surface area contributed by atoms with Crippen LogP contribution in [0.15, 0.2) is 0 Å². The highest BCUT2D eigenvalue weighted by molar-refractivity contribution is 7.47. The number of aliphatic hydroxyl groups is 1. The molecule has 17 nitrogen and oxygen atoms in total. The maximum atomic E-state index is 12.9. The van der Waals surface area contributed by atoms with Gasteiger partial charge in [0, 0.05) is 25.7 Å². The third-order valence-corrected chi connectivity index (χ3v) is 15.5. The molecule has 5 atom stereocenters. The molecular formula is C59H114O17P2. The minimum absolute atomic E-state index is 0.105. The lowest BCUT2D eigenvalue weighted by atomic mass is 10.0. The van der Waals surface area contributed by atoms with E-state index in [4.69, 9.17) is 37.0 Å². The Morgan fingerprint density at radius 1 is 0.308 bits per heavy atom. The quantitative estimate of drug-likeness (QED) is 0.0222. The lowest BCUT2D eigenvalue weighted by molar-refractivity contribution is -0.161. The number of phosphoric acid groups is 2. The molecule has 0 aliphatic heterocycles. The minimum atomic E-state index is -4.94. The van der Waals surface area contributed by atoms with Gasteiger partial charge >= 0.3 is 39.5 Å². The maximum Gasteiger partial charge on any atom is 0.472 e. The van der Waals surface area contributed by atoms with E-state index in [9.17, 15) is 43.2 Å². The van der Waals surface area contributed by atoms with Crippen LogP contribution in [0.1, 0.15) is 297 Å². The summed E-state index contributed by atoms with van der Waals surface area (Å²) in [7, 11) is -9.86. The van der Waals surface area contributed by atoms with Crippen LogP contribution in [0.25, 0.3) is 0 Å². The van der Waals surface area contributed by atoms with Crippen LogP contribution in [0.3, 0.4) is 0 Å². The number of esters is 4. The predicted octanol–water partition coefficient (Wildman–Crippen LogP) is 16.0. The summed E-state index contributed by atoms with van der Waals surface area (Å²) >= 11 is 0. The van der Waals surface area contributed by atoms with Gasteiger partial charge in [0.15, 0.2) is 12.2 Å². The van der Waals surface area contributed by atoms with Crippen LogP contribution >= 0.6 is 15.6 Å². The van der Waals surface area contributed by atoms with Crippen molar-refractivity contribution in [1.82, 2.24) is 0 Å². The smallest absolute Gasteiger partial charge is 0.462 e. The molecule has 0 rings (SSSR count). The van der Waals surface area contributed by atoms with Gasteiger partial charge in [-0.3, -0.25) is 37.3 Å². The van der Waals surface area contributed by atoms with Crippen molar-refractivity contribution < 1.29 is 80.2 Å². The first-order valence-electron chi connectivity index (χ1n) is 31.3. The zero-order valence-electron chi connectivity index (χ0n) is 49.6. The molecule has 462 valence electrons. The van der Waals surface area contributed by atoms with Gasteiger partial charge in [-0.05, 0) is 25.7 Å². The standard InChI is InChI=1S/C59H114O17P2/c1-5-9-13-17-20-23-25-26-27-28-31-34-38-42-46-59(64)76-55(50-70-57(62)44-40-36-32-30-24-21-18-14-10-6-2)52-74-78(67,68)72-48-53(60)47-71-77(65,66)73-51-54(49-69-56(61)43-39-35-16-12-8-4)75-58(63)45-41-37-33-29-22-19-15-11-7-3/h53-55,60H,5-52H2,1-4H3,(H,65,66)(H,67,68)/t53-,54+,55+/m0/s1. The highest BCUT2D eigenvalue weighted by atomic mass is 31.2. The molecule has 3 N–H and O–H groups in total. The van der Waals surface area contributed by atoms with Crippen LogP contribution in [0.5, 0.6) is 0 Å². The van der Waals surface area contributed by atoms with Gasteiger partial charge in [-0.2, -0.15) is 0 Å². The lowest BCUT2D eigenvalue weighted by Gasteiger charge is -2.21. The number of unbranched alkanes of at least 4 members (excludes halogenated alkanes) is 34. The van der Waals surface area contributed by atoms with E-state index in [-0.39, 0.29) is 25.7 Å². The predicted molar refractivity (Wildman–Crippen MR) is 308 cm³/mol. The van der Waals surface area contributed by atoms with Gasteiger partial charge in [-0.25, -0.2) is 9.13 Å². The molecule has 0 radical (unpaired) electrons. The van der Waals surface area contributed by atoms with Crippen molar-refractivity contribution in [3.63, 3.8) is 0 Å². The lowest BCUT2D eigenvalue weighted by Crippen LogP contribution is -2.30. The molecule has 2 unspecified atom stereocenters. The van der Waals surface area contributed by atoms with Crippen LogP contribution in [0.4, 0.5) is 0 Å². The van der Waals surface area contributed by atoms with Crippen LogP contribution in [0.2, 0.25) is 0 Å². The molecule has 0 fully saturated rings. The Bertz CT molecular complexity index is 1520. The zero-order valence-corrected chi connectivity index (χ0v) is 51.4. The molecule has 0 heterocycles. The summed E-state index contributed by atoms with van der Waals surface area (Å²) in [6.07, 6.45) is 37.8. The second-order valence-electron chi connectivity index (χ2n) is 21.4. The van der Waals surface area contributed by atoms with Gasteiger partial charge in [0.05, 0.1) is 26.4 Å². The summed E-state index contributed by atoms with van der Waals surface area (Å²) in [5.41, 5.74) is 0. The molecule has 19 heteroatoms. The van der Waals surface area contributed by atoms with Gasteiger partial charge in [0.1, 0.15) is 19.3 Å². The Kier molecular flexibility index (Phi) is 53.0. The molecule has 0 amide bonds. The second kappa shape index (κ2) is 54.3. The summed E-state index contributed by atoms with van der Waals surface area (Å²) in [5, 5.41) is 10.5. The van der Waals surface area contributed by atoms with E-state index in [0.717, 1.165) is 96.3 Å². The van der Waals surface area contributed by atoms with E-state index < -0.39 is 97.5 Å². The number of phosphoric ester groups is 2. The van der Waals surface area contributed by atoms with E-state index in [1.807, 2.05) is 0 Å². The second-order valence-corrected chi connectivity index (χ2v) is 24.3. The van der Waals surface area contributed by atoms with Crippen molar-refractivity contribution in [2.24, 2.45) is 0 Å². The molecular weight excluding hydrogens is 1040 g/mol. The van der Waals surface area contributed by atoms with Gasteiger partial charge < -0.3 is 33.8 Å². The molecule has 0 bridgehead atoms. The molecule has 0 aliphatic rings. The summed E-state index contributed by atoms with van der Waals surface area (Å²) in [6.45, 7) is 4.75. The largest absolute Gasteiger partial charge is 0.472 e. The zero-order chi connectivity index (χ0) is 57.6. The van der Waals surface area contributed by atoms with E-state index >= 15 is 0 Å². The Balaban J connectivity index is 5.16. The van der Waals surface area contributed by atoms with Crippen molar-refractivity contribution in [3.05, 3.63) is 0 Å². The Hall–Kier alpha value is -1.94. The third kappa shape index (κ3) is 53.4. The summed E-state index contributed by atoms with van der Waals surface area (Å²) in [6, 6.07) is 0. The maximum absolute atomic E-state index is 12.9. The number of aliphatic hydroxyl groups excluding tert-OH is 1. The van der Waals surface area contributed by atoms with Crippen LogP contribution in [-0.2, 0) is 65.4 Å². The van der Waals surface area contributed by atoms with Crippen LogP contribution < -0.4 is 0 Å². The first-order chi connectivity index (χ1) is 37.7. The fourth-order valence-corrected chi connectivity index (χ4v) is 10.3. The average molecular weight is 1160 g/mol. The number of carbonyl (C=O) groups excluding carboxylic acids is 4. The Morgan fingerprint density at radius 2 is 0.513 bits per heavy atom. The van der Waals surface area contributed by atoms with Crippen molar-refractivity contribution in [2.75, 3.05) is 39.6 Å². The Labute approximate surface area is 473 Å². The SMILES string of the molecule is CCCCCCCCCCCCCCCCC(=O)O[C@H](COC(=O)CCCCCCCCCCCC)COP(=O)(O)OC[C@@H](O)COP(=O)(O)OC[C@@H](COC(=O)CCCCCCC)OC(=O)CCCCCCCCCCC. The molecule has 0 aromatic rings. The summed E-state index contributed by atoms with van der Waals surface area (Å²) < 4.78 is 67.6. The molecule has 78 heavy (non-hydrogen) atoms. The van der Waals surface area contributed by atoms with Crippen LogP contribution in [0, 0.1) is 0 Å². The van der Waals surface area contributed by atoms with E-state index in [1.54, 1.807) is 0 Å². The van der Waals surface area contributed by atoms with E-state index in [2.05, 4.69) is 27.7 Å². The number of hydrogen-bond acceptors (Lipinski definition) is 15. The number of rotatable bonds is 60. The molecule has 0 saturated carbocycles. The summed E-state index contributed by atoms with van der Waals surface area (Å²) in [5.74, 6) is -2.15. The molecule has 0 spiro atoms. The molecule has 0 saturated heterocycles. The number of ether oxygens (including phenoxy) is 4. The molecule has 0 aliphatic carbocycles. The van der Waals surface area contributed by atoms with Gasteiger partial charge in [0.25, 0.3) is 0 Å². The minimum Gasteiger partial charge on any atom is -0.462 e. The molecule has 0 aromatic heterocycles. The number of carbonyl (C=O) groups is 4. The summed E-state index contributed by atoms with van der Waals surface area (Å²) in [4.78, 5) is 71.7.